The summed E-state index contributed by atoms with van der Waals surface area (Å²) in [5, 5.41) is 0. The lowest BCUT2D eigenvalue weighted by Gasteiger charge is -2.26. The van der Waals surface area contributed by atoms with Gasteiger partial charge in [0.1, 0.15) is 11.9 Å². The van der Waals surface area contributed by atoms with Crippen molar-refractivity contribution >= 4 is 16.9 Å². The van der Waals surface area contributed by atoms with Gasteiger partial charge in [-0.05, 0) is 44.4 Å². The third-order valence-corrected chi connectivity index (χ3v) is 5.69. The monoisotopic (exact) mass is 341 g/mol. The summed E-state index contributed by atoms with van der Waals surface area (Å²) in [5.74, 6) is 1.61. The minimum absolute atomic E-state index is 0.0780. The maximum absolute atomic E-state index is 13.0. The molecule has 0 spiro atoms. The van der Waals surface area contributed by atoms with Gasteiger partial charge in [-0.1, -0.05) is 12.5 Å². The molecule has 4 rings (SSSR count). The molecule has 1 aromatic carbocycles. The zero-order valence-electron chi connectivity index (χ0n) is 15.0. The Hall–Kier alpha value is -1.92. The predicted octanol–water partition coefficient (Wildman–Crippen LogP) is 1.91. The molecule has 1 aliphatic heterocycles. The molecule has 1 aromatic heterocycles. The smallest absolute Gasteiger partial charge is 0.241 e. The number of carbonyl (C=O) groups excluding carboxylic acids is 1. The molecule has 0 bridgehead atoms. The van der Waals surface area contributed by atoms with Crippen molar-refractivity contribution < 1.29 is 4.79 Å². The van der Waals surface area contributed by atoms with E-state index >= 15 is 0 Å². The van der Waals surface area contributed by atoms with Crippen molar-refractivity contribution in [2.45, 2.75) is 51.6 Å². The number of amides is 1. The number of aryl methyl sites for hydroxylation is 1. The summed E-state index contributed by atoms with van der Waals surface area (Å²) in [6, 6.07) is 6.62. The number of nitrogens with one attached hydrogen (secondary N) is 3. The first-order chi connectivity index (χ1) is 12.2. The van der Waals surface area contributed by atoms with Gasteiger partial charge in [-0.15, -0.1) is 0 Å². The van der Waals surface area contributed by atoms with E-state index in [9.17, 15) is 4.79 Å². The topological polar surface area (TPSA) is 73.0 Å². The number of imidazole rings is 1. The number of hydrogen-bond acceptors (Lipinski definition) is 4. The summed E-state index contributed by atoms with van der Waals surface area (Å²) < 4.78 is 0. The average Bonchev–Trinajstić information content (AvgIpc) is 3.29. The van der Waals surface area contributed by atoms with Crippen LogP contribution < -0.4 is 10.9 Å². The van der Waals surface area contributed by atoms with Crippen LogP contribution in [0, 0.1) is 12.8 Å². The number of nitrogens with zero attached hydrogens (tertiary/aromatic N) is 2. The highest BCUT2D eigenvalue weighted by Gasteiger charge is 2.43. The number of aromatic nitrogens is 2. The predicted molar refractivity (Wildman–Crippen MR) is 98.0 cm³/mol. The zero-order chi connectivity index (χ0) is 17.4. The van der Waals surface area contributed by atoms with E-state index in [4.69, 9.17) is 0 Å². The Balaban J connectivity index is 1.41. The maximum Gasteiger partial charge on any atom is 0.241 e. The summed E-state index contributed by atoms with van der Waals surface area (Å²) in [5.41, 5.74) is 9.83. The second-order valence-corrected chi connectivity index (χ2v) is 7.34. The molecule has 2 fully saturated rings. The normalized spacial score (nSPS) is 25.4. The minimum Gasteiger partial charge on any atom is -0.342 e. The van der Waals surface area contributed by atoms with E-state index in [0.717, 1.165) is 36.2 Å². The van der Waals surface area contributed by atoms with Crippen LogP contribution in [0.2, 0.25) is 0 Å². The number of hydrogen-bond donors (Lipinski definition) is 3. The first-order valence-electron chi connectivity index (χ1n) is 9.41. The van der Waals surface area contributed by atoms with E-state index in [0.29, 0.717) is 18.5 Å². The van der Waals surface area contributed by atoms with Crippen molar-refractivity contribution in [1.29, 1.82) is 0 Å². The van der Waals surface area contributed by atoms with E-state index in [1.165, 1.54) is 18.4 Å². The SMILES string of the molecule is CCN(CCc1nc2ccc(C)cc2[nH]1)C(=O)C1NNC2CCCC21. The molecule has 2 aromatic rings. The van der Waals surface area contributed by atoms with E-state index < -0.39 is 0 Å². The first kappa shape index (κ1) is 16.5. The molecule has 2 aliphatic rings. The van der Waals surface area contributed by atoms with Crippen LogP contribution in [0.5, 0.6) is 0 Å². The Kier molecular flexibility index (Phi) is 4.48. The van der Waals surface area contributed by atoms with E-state index in [1.807, 2.05) is 11.0 Å². The summed E-state index contributed by atoms with van der Waals surface area (Å²) in [4.78, 5) is 22.9. The van der Waals surface area contributed by atoms with Crippen molar-refractivity contribution in [3.05, 3.63) is 29.6 Å². The lowest BCUT2D eigenvalue weighted by atomic mass is 9.96. The molecule has 1 aliphatic carbocycles. The van der Waals surface area contributed by atoms with Crippen molar-refractivity contribution in [2.24, 2.45) is 5.92 Å². The fourth-order valence-corrected chi connectivity index (χ4v) is 4.27. The van der Waals surface area contributed by atoms with Gasteiger partial charge in [0.2, 0.25) is 5.91 Å². The Bertz CT molecular complexity index is 770. The number of likely N-dealkylation sites (N-methyl/N-ethyl adjacent to an activating group) is 1. The molecule has 2 heterocycles. The fraction of sp³-hybridized carbons (Fsp3) is 0.579. The molecule has 3 unspecified atom stereocenters. The number of fused-ring (bicyclic) bond motifs is 2. The molecule has 1 saturated heterocycles. The summed E-state index contributed by atoms with van der Waals surface area (Å²) in [6.07, 6.45) is 4.29. The van der Waals surface area contributed by atoms with Gasteiger partial charge >= 0.3 is 0 Å². The fourth-order valence-electron chi connectivity index (χ4n) is 4.27. The van der Waals surface area contributed by atoms with Crippen LogP contribution in [0.3, 0.4) is 0 Å². The molecular weight excluding hydrogens is 314 g/mol. The molecule has 134 valence electrons. The number of benzene rings is 1. The second kappa shape index (κ2) is 6.77. The molecule has 6 nitrogen and oxygen atoms in total. The van der Waals surface area contributed by atoms with E-state index in [-0.39, 0.29) is 11.9 Å². The van der Waals surface area contributed by atoms with Crippen molar-refractivity contribution in [3.63, 3.8) is 0 Å². The number of carbonyl (C=O) groups is 1. The van der Waals surface area contributed by atoms with Gasteiger partial charge in [-0.2, -0.15) is 0 Å². The second-order valence-electron chi connectivity index (χ2n) is 7.34. The van der Waals surface area contributed by atoms with Crippen molar-refractivity contribution in [1.82, 2.24) is 25.7 Å². The van der Waals surface area contributed by atoms with Crippen LogP contribution in [0.1, 0.15) is 37.6 Å². The molecule has 1 amide bonds. The van der Waals surface area contributed by atoms with Gasteiger partial charge in [0.25, 0.3) is 0 Å². The van der Waals surface area contributed by atoms with Gasteiger partial charge in [0.15, 0.2) is 0 Å². The number of H-pyrrole nitrogens is 1. The summed E-state index contributed by atoms with van der Waals surface area (Å²) in [6.45, 7) is 5.56. The molecule has 3 atom stereocenters. The van der Waals surface area contributed by atoms with Gasteiger partial charge in [-0.3, -0.25) is 10.2 Å². The Morgan fingerprint density at radius 3 is 3.04 bits per heavy atom. The van der Waals surface area contributed by atoms with Gasteiger partial charge < -0.3 is 9.88 Å². The van der Waals surface area contributed by atoms with Gasteiger partial charge in [0.05, 0.1) is 11.0 Å². The van der Waals surface area contributed by atoms with Gasteiger partial charge in [-0.25, -0.2) is 10.4 Å². The molecular formula is C19H27N5O. The zero-order valence-corrected chi connectivity index (χ0v) is 15.0. The molecule has 3 N–H and O–H groups in total. The molecule has 0 radical (unpaired) electrons. The highest BCUT2D eigenvalue weighted by Crippen LogP contribution is 2.32. The minimum atomic E-state index is -0.0780. The average molecular weight is 341 g/mol. The summed E-state index contributed by atoms with van der Waals surface area (Å²) >= 11 is 0. The standard InChI is InChI=1S/C19H27N5O/c1-3-24(19(25)18-13-5-4-6-14(13)22-23-18)10-9-17-20-15-8-7-12(2)11-16(15)21-17/h7-8,11,13-14,18,22-23H,3-6,9-10H2,1-2H3,(H,20,21). The maximum atomic E-state index is 13.0. The van der Waals surface area contributed by atoms with Crippen molar-refractivity contribution in [3.8, 4) is 0 Å². The van der Waals surface area contributed by atoms with Crippen LogP contribution in [0.4, 0.5) is 0 Å². The molecule has 6 heteroatoms. The van der Waals surface area contributed by atoms with Crippen LogP contribution >= 0.6 is 0 Å². The lowest BCUT2D eigenvalue weighted by Crippen LogP contribution is -2.48. The molecule has 25 heavy (non-hydrogen) atoms. The Morgan fingerprint density at radius 2 is 2.20 bits per heavy atom. The summed E-state index contributed by atoms with van der Waals surface area (Å²) in [7, 11) is 0. The largest absolute Gasteiger partial charge is 0.342 e. The van der Waals surface area contributed by atoms with E-state index in [2.05, 4.69) is 46.8 Å². The highest BCUT2D eigenvalue weighted by molar-refractivity contribution is 5.82. The first-order valence-corrected chi connectivity index (χ1v) is 9.41. The number of rotatable bonds is 5. The van der Waals surface area contributed by atoms with E-state index in [1.54, 1.807) is 0 Å². The van der Waals surface area contributed by atoms with Crippen LogP contribution in [-0.4, -0.2) is 45.9 Å². The third-order valence-electron chi connectivity index (χ3n) is 5.69. The number of aromatic amines is 1. The third kappa shape index (κ3) is 3.16. The van der Waals surface area contributed by atoms with Crippen LogP contribution in [0.15, 0.2) is 18.2 Å². The Labute approximate surface area is 148 Å². The highest BCUT2D eigenvalue weighted by atomic mass is 16.2. The van der Waals surface area contributed by atoms with Crippen LogP contribution in [0.25, 0.3) is 11.0 Å². The number of hydrazine groups is 1. The van der Waals surface area contributed by atoms with Crippen molar-refractivity contribution in [2.75, 3.05) is 13.1 Å². The quantitative estimate of drug-likeness (QED) is 0.777. The lowest BCUT2D eigenvalue weighted by molar-refractivity contribution is -0.134. The van der Waals surface area contributed by atoms with Gasteiger partial charge in [0, 0.05) is 31.5 Å². The van der Waals surface area contributed by atoms with Crippen LogP contribution in [-0.2, 0) is 11.2 Å². The molecule has 1 saturated carbocycles. The Morgan fingerprint density at radius 1 is 1.32 bits per heavy atom.